The topological polar surface area (TPSA) is 24.9 Å². The lowest BCUT2D eigenvalue weighted by molar-refractivity contribution is 1.40. The molecule has 0 spiro atoms. The summed E-state index contributed by atoms with van der Waals surface area (Å²) in [5.74, 6) is 0. The van der Waals surface area contributed by atoms with Crippen LogP contribution < -0.4 is 5.32 Å². The van der Waals surface area contributed by atoms with Gasteiger partial charge in [-0.25, -0.2) is 4.98 Å². The summed E-state index contributed by atoms with van der Waals surface area (Å²) in [5, 5.41) is 4.94. The van der Waals surface area contributed by atoms with Crippen LogP contribution in [0.15, 0.2) is 47.4 Å². The average Bonchev–Trinajstić information content (AvgIpc) is 2.80. The number of nitrogens with zero attached hydrogens (tertiary/aromatic N) is 1. The summed E-state index contributed by atoms with van der Waals surface area (Å²) in [5.41, 5.74) is 1.98. The Hall–Kier alpha value is -1.23. The van der Waals surface area contributed by atoms with E-state index in [0.717, 1.165) is 21.0 Å². The van der Waals surface area contributed by atoms with Gasteiger partial charge in [0.1, 0.15) is 0 Å². The highest BCUT2D eigenvalue weighted by Gasteiger charge is 2.05. The molecule has 0 aliphatic carbocycles. The maximum atomic E-state index is 5.97. The Morgan fingerprint density at radius 3 is 2.95 bits per heavy atom. The molecular weight excluding hydrogens is 296 g/mol. The van der Waals surface area contributed by atoms with Crippen molar-refractivity contribution in [2.75, 3.05) is 11.6 Å². The van der Waals surface area contributed by atoms with E-state index < -0.39 is 0 Å². The van der Waals surface area contributed by atoms with Gasteiger partial charge in [-0.05, 0) is 42.7 Å². The van der Waals surface area contributed by atoms with E-state index in [0.29, 0.717) is 5.02 Å². The van der Waals surface area contributed by atoms with Gasteiger partial charge in [0.25, 0.3) is 0 Å². The second-order valence-electron chi connectivity index (χ2n) is 3.99. The highest BCUT2D eigenvalue weighted by Crippen LogP contribution is 2.30. The fraction of sp³-hybridized carbons (Fsp3) is 0.0714. The van der Waals surface area contributed by atoms with Crippen molar-refractivity contribution in [3.63, 3.8) is 0 Å². The monoisotopic (exact) mass is 306 g/mol. The van der Waals surface area contributed by atoms with Crippen LogP contribution in [-0.2, 0) is 0 Å². The molecule has 1 heterocycles. The molecule has 19 heavy (non-hydrogen) atoms. The molecule has 3 rings (SSSR count). The number of rotatable bonds is 3. The number of hydrogen-bond donors (Lipinski definition) is 1. The van der Waals surface area contributed by atoms with E-state index in [9.17, 15) is 0 Å². The number of anilines is 2. The first kappa shape index (κ1) is 12.8. The molecule has 0 aliphatic heterocycles. The molecule has 1 N–H and O–H groups in total. The minimum absolute atomic E-state index is 0.716. The first-order valence-electron chi connectivity index (χ1n) is 5.72. The predicted molar refractivity (Wildman–Crippen MR) is 86.1 cm³/mol. The first-order chi connectivity index (χ1) is 9.24. The van der Waals surface area contributed by atoms with E-state index in [1.54, 1.807) is 23.1 Å². The third-order valence-electron chi connectivity index (χ3n) is 2.67. The smallest absolute Gasteiger partial charge is 0.188 e. The van der Waals surface area contributed by atoms with E-state index in [-0.39, 0.29) is 0 Å². The Morgan fingerprint density at radius 1 is 1.21 bits per heavy atom. The van der Waals surface area contributed by atoms with Gasteiger partial charge in [0.2, 0.25) is 0 Å². The van der Waals surface area contributed by atoms with Gasteiger partial charge in [0.05, 0.1) is 10.2 Å². The SMILES string of the molecule is CSc1cccc(Nc2nc3cc(Cl)ccc3s2)c1. The Kier molecular flexibility index (Phi) is 3.64. The minimum Gasteiger partial charge on any atom is -0.331 e. The van der Waals surface area contributed by atoms with Crippen molar-refractivity contribution >= 4 is 55.7 Å². The fourth-order valence-corrected chi connectivity index (χ4v) is 3.27. The molecule has 3 aromatic rings. The number of benzene rings is 2. The van der Waals surface area contributed by atoms with Crippen LogP contribution in [0.1, 0.15) is 0 Å². The molecule has 96 valence electrons. The van der Waals surface area contributed by atoms with Crippen LogP contribution in [0, 0.1) is 0 Å². The van der Waals surface area contributed by atoms with Gasteiger partial charge in [0, 0.05) is 15.6 Å². The van der Waals surface area contributed by atoms with Gasteiger partial charge in [-0.15, -0.1) is 11.8 Å². The molecule has 0 saturated carbocycles. The van der Waals surface area contributed by atoms with Crippen molar-refractivity contribution in [2.45, 2.75) is 4.90 Å². The van der Waals surface area contributed by atoms with Crippen LogP contribution >= 0.6 is 34.7 Å². The van der Waals surface area contributed by atoms with Crippen LogP contribution in [-0.4, -0.2) is 11.2 Å². The number of halogens is 1. The van der Waals surface area contributed by atoms with E-state index in [1.165, 1.54) is 4.90 Å². The number of nitrogens with one attached hydrogen (secondary N) is 1. The van der Waals surface area contributed by atoms with Gasteiger partial charge in [0.15, 0.2) is 5.13 Å². The van der Waals surface area contributed by atoms with Crippen LogP contribution in [0.4, 0.5) is 10.8 Å². The molecule has 0 amide bonds. The van der Waals surface area contributed by atoms with Crippen molar-refractivity contribution < 1.29 is 0 Å². The highest BCUT2D eigenvalue weighted by atomic mass is 35.5. The molecule has 0 aliphatic rings. The molecule has 0 fully saturated rings. The van der Waals surface area contributed by atoms with Crippen LogP contribution in [0.5, 0.6) is 0 Å². The van der Waals surface area contributed by atoms with Crippen LogP contribution in [0.25, 0.3) is 10.2 Å². The molecule has 0 radical (unpaired) electrons. The van der Waals surface area contributed by atoms with Gasteiger partial charge in [-0.3, -0.25) is 0 Å². The molecule has 0 unspecified atom stereocenters. The van der Waals surface area contributed by atoms with Gasteiger partial charge in [-0.2, -0.15) is 0 Å². The summed E-state index contributed by atoms with van der Waals surface area (Å²) < 4.78 is 1.13. The zero-order valence-electron chi connectivity index (χ0n) is 10.2. The van der Waals surface area contributed by atoms with E-state index >= 15 is 0 Å². The lowest BCUT2D eigenvalue weighted by atomic mass is 10.3. The molecule has 2 nitrogen and oxygen atoms in total. The molecule has 0 saturated heterocycles. The first-order valence-corrected chi connectivity index (χ1v) is 8.14. The second kappa shape index (κ2) is 5.41. The lowest BCUT2D eigenvalue weighted by Crippen LogP contribution is -1.88. The molecule has 0 bridgehead atoms. The Balaban J connectivity index is 1.92. The number of aromatic nitrogens is 1. The molecule has 2 aromatic carbocycles. The summed E-state index contributed by atoms with van der Waals surface area (Å²) in [6, 6.07) is 14.1. The minimum atomic E-state index is 0.716. The van der Waals surface area contributed by atoms with Gasteiger partial charge < -0.3 is 5.32 Å². The van der Waals surface area contributed by atoms with E-state index in [4.69, 9.17) is 11.6 Å². The Morgan fingerprint density at radius 2 is 2.11 bits per heavy atom. The van der Waals surface area contributed by atoms with Crippen molar-refractivity contribution in [3.05, 3.63) is 47.5 Å². The number of thioether (sulfide) groups is 1. The summed E-state index contributed by atoms with van der Waals surface area (Å²) in [7, 11) is 0. The van der Waals surface area contributed by atoms with E-state index in [2.05, 4.69) is 28.7 Å². The standard InChI is InChI=1S/C14H11ClN2S2/c1-18-11-4-2-3-10(8-11)16-14-17-12-7-9(15)5-6-13(12)19-14/h2-8H,1H3,(H,16,17). The molecular formula is C14H11ClN2S2. The number of hydrogen-bond acceptors (Lipinski definition) is 4. The molecule has 1 aromatic heterocycles. The molecule has 5 heteroatoms. The fourth-order valence-electron chi connectivity index (χ4n) is 1.78. The average molecular weight is 307 g/mol. The van der Waals surface area contributed by atoms with Crippen LogP contribution in [0.2, 0.25) is 5.02 Å². The van der Waals surface area contributed by atoms with Crippen molar-refractivity contribution in [1.82, 2.24) is 4.98 Å². The van der Waals surface area contributed by atoms with Crippen LogP contribution in [0.3, 0.4) is 0 Å². The zero-order valence-corrected chi connectivity index (χ0v) is 12.6. The Bertz CT molecular complexity index is 724. The summed E-state index contributed by atoms with van der Waals surface area (Å²) in [4.78, 5) is 5.77. The number of thiazole rings is 1. The molecule has 0 atom stereocenters. The second-order valence-corrected chi connectivity index (χ2v) is 6.33. The van der Waals surface area contributed by atoms with Crippen molar-refractivity contribution in [3.8, 4) is 0 Å². The third kappa shape index (κ3) is 2.86. The summed E-state index contributed by atoms with van der Waals surface area (Å²) >= 11 is 9.32. The number of fused-ring (bicyclic) bond motifs is 1. The largest absolute Gasteiger partial charge is 0.331 e. The highest BCUT2D eigenvalue weighted by molar-refractivity contribution is 7.98. The normalized spacial score (nSPS) is 10.8. The van der Waals surface area contributed by atoms with Crippen molar-refractivity contribution in [2.24, 2.45) is 0 Å². The maximum Gasteiger partial charge on any atom is 0.188 e. The van der Waals surface area contributed by atoms with E-state index in [1.807, 2.05) is 30.3 Å². The zero-order chi connectivity index (χ0) is 13.2. The van der Waals surface area contributed by atoms with Gasteiger partial charge in [-0.1, -0.05) is 29.0 Å². The lowest BCUT2D eigenvalue weighted by Gasteiger charge is -2.03. The maximum absolute atomic E-state index is 5.97. The van der Waals surface area contributed by atoms with Crippen molar-refractivity contribution in [1.29, 1.82) is 0 Å². The summed E-state index contributed by atoms with van der Waals surface area (Å²) in [6.07, 6.45) is 2.07. The quantitative estimate of drug-likeness (QED) is 0.654. The summed E-state index contributed by atoms with van der Waals surface area (Å²) in [6.45, 7) is 0. The predicted octanol–water partition coefficient (Wildman–Crippen LogP) is 5.42. The van der Waals surface area contributed by atoms with Gasteiger partial charge >= 0.3 is 0 Å². The third-order valence-corrected chi connectivity index (χ3v) is 4.58. The Labute approximate surface area is 124 Å².